The van der Waals surface area contributed by atoms with E-state index in [9.17, 15) is 4.79 Å². The van der Waals surface area contributed by atoms with Crippen LogP contribution < -0.4 is 0 Å². The minimum atomic E-state index is 0.318. The van der Waals surface area contributed by atoms with Crippen LogP contribution in [0.2, 0.25) is 0 Å². The van der Waals surface area contributed by atoms with E-state index in [0.717, 1.165) is 38.5 Å². The standard InChI is InChI=1S/C19H30O/c1-3-5-6-7-8-9-10-11-12-13-14-15-16-17-18-19(20)4-2/h3,5,8-9,12-13,16-17H,4,6-7,10-11,14-15,18H2,1-2H3. The molecule has 0 aromatic carbocycles. The molecule has 1 heteroatoms. The maximum absolute atomic E-state index is 11.1. The lowest BCUT2D eigenvalue weighted by Gasteiger charge is -1.90. The molecule has 0 saturated carbocycles. The van der Waals surface area contributed by atoms with E-state index >= 15 is 0 Å². The van der Waals surface area contributed by atoms with Crippen LogP contribution in [0.25, 0.3) is 0 Å². The lowest BCUT2D eigenvalue weighted by Crippen LogP contribution is -1.90. The fourth-order valence-corrected chi connectivity index (χ4v) is 1.69. The van der Waals surface area contributed by atoms with Gasteiger partial charge in [0.05, 0.1) is 0 Å². The lowest BCUT2D eigenvalue weighted by atomic mass is 10.2. The first-order chi connectivity index (χ1) is 9.81. The first kappa shape index (κ1) is 18.6. The number of Topliss-reactive ketones (excluding diaryl/α,β-unsaturated/α-hetero) is 1. The molecular formula is C19H30O. The fourth-order valence-electron chi connectivity index (χ4n) is 1.69. The number of hydrogen-bond donors (Lipinski definition) is 0. The summed E-state index contributed by atoms with van der Waals surface area (Å²) in [6, 6.07) is 0. The molecule has 0 N–H and O–H groups in total. The van der Waals surface area contributed by atoms with E-state index in [4.69, 9.17) is 0 Å². The Morgan fingerprint density at radius 2 is 1.10 bits per heavy atom. The summed E-state index contributed by atoms with van der Waals surface area (Å²) in [5.41, 5.74) is 0. The quantitative estimate of drug-likeness (QED) is 0.318. The van der Waals surface area contributed by atoms with Crippen molar-refractivity contribution in [3.63, 3.8) is 0 Å². The third-order valence-corrected chi connectivity index (χ3v) is 2.98. The lowest BCUT2D eigenvalue weighted by molar-refractivity contribution is -0.117. The highest BCUT2D eigenvalue weighted by Gasteiger charge is 1.91. The summed E-state index contributed by atoms with van der Waals surface area (Å²) >= 11 is 0. The number of hydrogen-bond acceptors (Lipinski definition) is 1. The van der Waals surface area contributed by atoms with E-state index < -0.39 is 0 Å². The Labute approximate surface area is 125 Å². The molecule has 0 saturated heterocycles. The Bertz CT molecular complexity index is 332. The zero-order valence-electron chi connectivity index (χ0n) is 13.2. The Balaban J connectivity index is 3.38. The van der Waals surface area contributed by atoms with E-state index in [1.54, 1.807) is 0 Å². The van der Waals surface area contributed by atoms with Gasteiger partial charge in [0.2, 0.25) is 0 Å². The molecule has 0 aliphatic rings. The molecular weight excluding hydrogens is 244 g/mol. The largest absolute Gasteiger partial charge is 0.299 e. The molecule has 0 aromatic rings. The maximum Gasteiger partial charge on any atom is 0.136 e. The van der Waals surface area contributed by atoms with E-state index in [1.807, 2.05) is 13.0 Å². The van der Waals surface area contributed by atoms with Crippen LogP contribution in [-0.2, 0) is 4.79 Å². The number of rotatable bonds is 12. The number of carbonyl (C=O) groups is 1. The number of carbonyl (C=O) groups excluding carboxylic acids is 1. The molecule has 0 atom stereocenters. The van der Waals surface area contributed by atoms with Crippen LogP contribution in [0.5, 0.6) is 0 Å². The molecule has 20 heavy (non-hydrogen) atoms. The predicted octanol–water partition coefficient (Wildman–Crippen LogP) is 5.94. The minimum Gasteiger partial charge on any atom is -0.299 e. The van der Waals surface area contributed by atoms with E-state index in [0.29, 0.717) is 18.6 Å². The van der Waals surface area contributed by atoms with Gasteiger partial charge in [-0.05, 0) is 45.4 Å². The van der Waals surface area contributed by atoms with Crippen molar-refractivity contribution in [2.45, 2.75) is 65.2 Å². The van der Waals surface area contributed by atoms with E-state index in [-0.39, 0.29) is 0 Å². The topological polar surface area (TPSA) is 17.1 Å². The molecule has 0 spiro atoms. The Kier molecular flexibility index (Phi) is 14.6. The summed E-state index contributed by atoms with van der Waals surface area (Å²) in [5.74, 6) is 0.318. The maximum atomic E-state index is 11.1. The van der Waals surface area contributed by atoms with Crippen molar-refractivity contribution >= 4 is 5.78 Å². The zero-order chi connectivity index (χ0) is 14.9. The van der Waals surface area contributed by atoms with Crippen LogP contribution >= 0.6 is 0 Å². The number of allylic oxidation sites excluding steroid dienone is 8. The van der Waals surface area contributed by atoms with Crippen molar-refractivity contribution in [3.8, 4) is 0 Å². The molecule has 0 bridgehead atoms. The van der Waals surface area contributed by atoms with Gasteiger partial charge in [0.1, 0.15) is 5.78 Å². The van der Waals surface area contributed by atoms with Crippen LogP contribution in [0.3, 0.4) is 0 Å². The third kappa shape index (κ3) is 14.7. The van der Waals surface area contributed by atoms with Crippen molar-refractivity contribution in [3.05, 3.63) is 48.6 Å². The van der Waals surface area contributed by atoms with E-state index in [1.165, 1.54) is 0 Å². The van der Waals surface area contributed by atoms with Crippen molar-refractivity contribution < 1.29 is 4.79 Å². The summed E-state index contributed by atoms with van der Waals surface area (Å²) in [6.07, 6.45) is 25.3. The molecule has 0 rings (SSSR count). The molecule has 112 valence electrons. The van der Waals surface area contributed by atoms with Crippen LogP contribution in [0, 0.1) is 0 Å². The minimum absolute atomic E-state index is 0.318. The molecule has 0 amide bonds. The van der Waals surface area contributed by atoms with Crippen molar-refractivity contribution in [1.82, 2.24) is 0 Å². The van der Waals surface area contributed by atoms with Gasteiger partial charge in [0, 0.05) is 12.8 Å². The highest BCUT2D eigenvalue weighted by molar-refractivity contribution is 5.79. The van der Waals surface area contributed by atoms with Crippen LogP contribution in [0.15, 0.2) is 48.6 Å². The van der Waals surface area contributed by atoms with Gasteiger partial charge >= 0.3 is 0 Å². The average Bonchev–Trinajstić information content (AvgIpc) is 2.47. The molecule has 1 nitrogen and oxygen atoms in total. The van der Waals surface area contributed by atoms with Gasteiger partial charge in [0.15, 0.2) is 0 Å². The van der Waals surface area contributed by atoms with Gasteiger partial charge in [-0.3, -0.25) is 4.79 Å². The Morgan fingerprint density at radius 1 is 0.700 bits per heavy atom. The van der Waals surface area contributed by atoms with Crippen molar-refractivity contribution in [2.24, 2.45) is 0 Å². The van der Waals surface area contributed by atoms with Crippen LogP contribution in [0.4, 0.5) is 0 Å². The highest BCUT2D eigenvalue weighted by atomic mass is 16.1. The summed E-state index contributed by atoms with van der Waals surface area (Å²) in [7, 11) is 0. The van der Waals surface area contributed by atoms with Gasteiger partial charge in [-0.25, -0.2) is 0 Å². The Hall–Kier alpha value is -1.37. The fraction of sp³-hybridized carbons (Fsp3) is 0.526. The van der Waals surface area contributed by atoms with Gasteiger partial charge in [-0.1, -0.05) is 55.5 Å². The summed E-state index contributed by atoms with van der Waals surface area (Å²) < 4.78 is 0. The molecule has 0 heterocycles. The van der Waals surface area contributed by atoms with Gasteiger partial charge in [-0.15, -0.1) is 0 Å². The van der Waals surface area contributed by atoms with Gasteiger partial charge in [-0.2, -0.15) is 0 Å². The van der Waals surface area contributed by atoms with Crippen molar-refractivity contribution in [2.75, 3.05) is 0 Å². The van der Waals surface area contributed by atoms with Crippen LogP contribution in [-0.4, -0.2) is 5.78 Å². The second-order valence-corrected chi connectivity index (χ2v) is 4.81. The molecule has 0 aliphatic carbocycles. The second-order valence-electron chi connectivity index (χ2n) is 4.81. The SMILES string of the molecule is CC=CCCC=CCCC=CCCC=CCC(=O)CC. The molecule has 0 fully saturated rings. The third-order valence-electron chi connectivity index (χ3n) is 2.98. The summed E-state index contributed by atoms with van der Waals surface area (Å²) in [5, 5.41) is 0. The Morgan fingerprint density at radius 3 is 1.50 bits per heavy atom. The van der Waals surface area contributed by atoms with Gasteiger partial charge < -0.3 is 0 Å². The average molecular weight is 274 g/mol. The normalized spacial score (nSPS) is 12.5. The van der Waals surface area contributed by atoms with Crippen LogP contribution in [0.1, 0.15) is 65.2 Å². The summed E-state index contributed by atoms with van der Waals surface area (Å²) in [4.78, 5) is 11.1. The highest BCUT2D eigenvalue weighted by Crippen LogP contribution is 2.00. The second kappa shape index (κ2) is 15.7. The smallest absolute Gasteiger partial charge is 0.136 e. The first-order valence-electron chi connectivity index (χ1n) is 7.89. The number of unbranched alkanes of at least 4 members (excludes halogenated alkanes) is 3. The molecule has 0 aliphatic heterocycles. The summed E-state index contributed by atoms with van der Waals surface area (Å²) in [6.45, 7) is 3.97. The van der Waals surface area contributed by atoms with Crippen molar-refractivity contribution in [1.29, 1.82) is 0 Å². The predicted molar refractivity (Wildman–Crippen MR) is 89.9 cm³/mol. The number of ketones is 1. The monoisotopic (exact) mass is 274 g/mol. The van der Waals surface area contributed by atoms with E-state index in [2.05, 4.69) is 49.5 Å². The van der Waals surface area contributed by atoms with Gasteiger partial charge in [0.25, 0.3) is 0 Å². The molecule has 0 aromatic heterocycles. The molecule has 0 unspecified atom stereocenters. The zero-order valence-corrected chi connectivity index (χ0v) is 13.2. The molecule has 0 radical (unpaired) electrons. The first-order valence-corrected chi connectivity index (χ1v) is 7.89.